The molecule has 2 aliphatic rings. The minimum atomic E-state index is -0.913. The third-order valence-electron chi connectivity index (χ3n) is 4.02. The summed E-state index contributed by atoms with van der Waals surface area (Å²) in [6, 6.07) is -0.717. The second-order valence-electron chi connectivity index (χ2n) is 5.79. The quantitative estimate of drug-likeness (QED) is 0.805. The number of aliphatic carboxylic acids is 1. The van der Waals surface area contributed by atoms with Gasteiger partial charge in [0, 0.05) is 12.6 Å². The van der Waals surface area contributed by atoms with Crippen molar-refractivity contribution in [3.63, 3.8) is 0 Å². The zero-order valence-electron chi connectivity index (χ0n) is 11.1. The molecule has 3 unspecified atom stereocenters. The van der Waals surface area contributed by atoms with E-state index in [1.807, 2.05) is 6.92 Å². The van der Waals surface area contributed by atoms with Crippen LogP contribution in [0.1, 0.15) is 39.5 Å². The number of urea groups is 1. The summed E-state index contributed by atoms with van der Waals surface area (Å²) in [7, 11) is 0. The van der Waals surface area contributed by atoms with Crippen LogP contribution in [0.2, 0.25) is 0 Å². The highest BCUT2D eigenvalue weighted by molar-refractivity contribution is 5.83. The van der Waals surface area contributed by atoms with E-state index in [4.69, 9.17) is 5.11 Å². The average Bonchev–Trinajstić information content (AvgIpc) is 3.12. The van der Waals surface area contributed by atoms with Crippen molar-refractivity contribution in [2.45, 2.75) is 51.6 Å². The number of piperidine rings is 1. The Hall–Kier alpha value is -1.26. The van der Waals surface area contributed by atoms with Crippen molar-refractivity contribution in [1.82, 2.24) is 10.2 Å². The Morgan fingerprint density at radius 1 is 1.22 bits per heavy atom. The van der Waals surface area contributed by atoms with E-state index in [0.717, 1.165) is 32.2 Å². The Morgan fingerprint density at radius 2 is 1.89 bits per heavy atom. The zero-order valence-corrected chi connectivity index (χ0v) is 11.1. The molecule has 2 fully saturated rings. The first-order chi connectivity index (χ1) is 8.49. The van der Waals surface area contributed by atoms with E-state index in [2.05, 4.69) is 12.2 Å². The van der Waals surface area contributed by atoms with E-state index < -0.39 is 12.0 Å². The van der Waals surface area contributed by atoms with Crippen LogP contribution < -0.4 is 5.32 Å². The van der Waals surface area contributed by atoms with E-state index in [-0.39, 0.29) is 18.0 Å². The topological polar surface area (TPSA) is 69.6 Å². The van der Waals surface area contributed by atoms with Crippen LogP contribution in [-0.4, -0.2) is 40.6 Å². The Labute approximate surface area is 108 Å². The highest BCUT2D eigenvalue weighted by atomic mass is 16.4. The Kier molecular flexibility index (Phi) is 3.78. The van der Waals surface area contributed by atoms with Crippen LogP contribution in [0, 0.1) is 11.8 Å². The van der Waals surface area contributed by atoms with Gasteiger partial charge in [0.25, 0.3) is 0 Å². The lowest BCUT2D eigenvalue weighted by molar-refractivity contribution is -0.139. The van der Waals surface area contributed by atoms with Crippen molar-refractivity contribution in [2.75, 3.05) is 6.54 Å². The Bertz CT molecular complexity index is 341. The lowest BCUT2D eigenvalue weighted by atomic mass is 9.95. The van der Waals surface area contributed by atoms with E-state index in [9.17, 15) is 9.59 Å². The average molecular weight is 254 g/mol. The summed E-state index contributed by atoms with van der Waals surface area (Å²) >= 11 is 0. The summed E-state index contributed by atoms with van der Waals surface area (Å²) in [6.45, 7) is 4.88. The first-order valence-electron chi connectivity index (χ1n) is 6.79. The number of nitrogens with zero attached hydrogens (tertiary/aromatic N) is 1. The van der Waals surface area contributed by atoms with Gasteiger partial charge in [-0.3, -0.25) is 0 Å². The van der Waals surface area contributed by atoms with Crippen LogP contribution in [0.25, 0.3) is 0 Å². The van der Waals surface area contributed by atoms with Gasteiger partial charge >= 0.3 is 12.0 Å². The standard InChI is InChI=1S/C13H22N2O3/c1-8-3-4-9(2)15(7-8)13(18)14-11(12(16)17)10-5-6-10/h8-11H,3-7H2,1-2H3,(H,14,18)(H,16,17). The molecule has 1 heterocycles. The largest absolute Gasteiger partial charge is 0.480 e. The molecule has 5 nitrogen and oxygen atoms in total. The third kappa shape index (κ3) is 2.94. The van der Waals surface area contributed by atoms with Crippen LogP contribution >= 0.6 is 0 Å². The number of hydrogen-bond acceptors (Lipinski definition) is 2. The van der Waals surface area contributed by atoms with Crippen molar-refractivity contribution in [2.24, 2.45) is 11.8 Å². The van der Waals surface area contributed by atoms with Gasteiger partial charge < -0.3 is 15.3 Å². The van der Waals surface area contributed by atoms with Crippen LogP contribution in [0.15, 0.2) is 0 Å². The summed E-state index contributed by atoms with van der Waals surface area (Å²) < 4.78 is 0. The number of amides is 2. The van der Waals surface area contributed by atoms with Crippen molar-refractivity contribution < 1.29 is 14.7 Å². The number of hydrogen-bond donors (Lipinski definition) is 2. The van der Waals surface area contributed by atoms with Crippen LogP contribution in [0.4, 0.5) is 4.79 Å². The maximum atomic E-state index is 12.2. The van der Waals surface area contributed by atoms with Gasteiger partial charge in [0.1, 0.15) is 6.04 Å². The van der Waals surface area contributed by atoms with Crippen LogP contribution in [0.5, 0.6) is 0 Å². The summed E-state index contributed by atoms with van der Waals surface area (Å²) in [4.78, 5) is 25.0. The second kappa shape index (κ2) is 5.16. The number of rotatable bonds is 3. The molecule has 2 amide bonds. The maximum absolute atomic E-state index is 12.2. The fraction of sp³-hybridized carbons (Fsp3) is 0.846. The van der Waals surface area contributed by atoms with E-state index >= 15 is 0 Å². The van der Waals surface area contributed by atoms with Gasteiger partial charge in [0.2, 0.25) is 0 Å². The van der Waals surface area contributed by atoms with E-state index in [1.165, 1.54) is 0 Å². The number of likely N-dealkylation sites (tertiary alicyclic amines) is 1. The minimum absolute atomic E-state index is 0.129. The van der Waals surface area contributed by atoms with Gasteiger partial charge in [-0.1, -0.05) is 6.92 Å². The minimum Gasteiger partial charge on any atom is -0.480 e. The molecule has 1 aliphatic heterocycles. The fourth-order valence-electron chi connectivity index (χ4n) is 2.60. The molecule has 0 spiro atoms. The second-order valence-corrected chi connectivity index (χ2v) is 5.79. The first-order valence-corrected chi connectivity index (χ1v) is 6.79. The van der Waals surface area contributed by atoms with Gasteiger partial charge in [0.15, 0.2) is 0 Å². The maximum Gasteiger partial charge on any atom is 0.326 e. The molecule has 0 bridgehead atoms. The molecule has 0 aromatic carbocycles. The van der Waals surface area contributed by atoms with Crippen molar-refractivity contribution >= 4 is 12.0 Å². The predicted molar refractivity (Wildman–Crippen MR) is 67.2 cm³/mol. The van der Waals surface area contributed by atoms with Gasteiger partial charge in [-0.15, -0.1) is 0 Å². The van der Waals surface area contributed by atoms with Gasteiger partial charge in [-0.2, -0.15) is 0 Å². The number of carbonyl (C=O) groups excluding carboxylic acids is 1. The van der Waals surface area contributed by atoms with Crippen molar-refractivity contribution in [3.8, 4) is 0 Å². The summed E-state index contributed by atoms with van der Waals surface area (Å²) in [5.41, 5.74) is 0. The molecular weight excluding hydrogens is 232 g/mol. The molecule has 102 valence electrons. The molecule has 0 aromatic heterocycles. The summed E-state index contributed by atoms with van der Waals surface area (Å²) in [5.74, 6) is -0.288. The summed E-state index contributed by atoms with van der Waals surface area (Å²) in [6.07, 6.45) is 3.94. The van der Waals surface area contributed by atoms with Gasteiger partial charge in [0.05, 0.1) is 0 Å². The van der Waals surface area contributed by atoms with Crippen molar-refractivity contribution in [1.29, 1.82) is 0 Å². The monoisotopic (exact) mass is 254 g/mol. The molecule has 2 rings (SSSR count). The third-order valence-corrected chi connectivity index (χ3v) is 4.02. The van der Waals surface area contributed by atoms with E-state index in [0.29, 0.717) is 5.92 Å². The normalized spacial score (nSPS) is 29.8. The fourth-order valence-corrected chi connectivity index (χ4v) is 2.60. The zero-order chi connectivity index (χ0) is 13.3. The molecular formula is C13H22N2O3. The molecule has 0 aromatic rings. The molecule has 2 N–H and O–H groups in total. The van der Waals surface area contributed by atoms with Gasteiger partial charge in [-0.05, 0) is 44.4 Å². The molecule has 1 aliphatic carbocycles. The van der Waals surface area contributed by atoms with Crippen LogP contribution in [-0.2, 0) is 4.79 Å². The highest BCUT2D eigenvalue weighted by Gasteiger charge is 2.39. The lowest BCUT2D eigenvalue weighted by Crippen LogP contribution is -2.54. The van der Waals surface area contributed by atoms with Crippen molar-refractivity contribution in [3.05, 3.63) is 0 Å². The molecule has 0 radical (unpaired) electrons. The number of carboxylic acids is 1. The van der Waals surface area contributed by atoms with Crippen LogP contribution in [0.3, 0.4) is 0 Å². The summed E-state index contributed by atoms with van der Waals surface area (Å²) in [5, 5.41) is 11.8. The molecule has 3 atom stereocenters. The number of carbonyl (C=O) groups is 2. The smallest absolute Gasteiger partial charge is 0.326 e. The first kappa shape index (κ1) is 13.2. The molecule has 1 saturated carbocycles. The Morgan fingerprint density at radius 3 is 2.44 bits per heavy atom. The number of carboxylic acid groups (broad SMARTS) is 1. The molecule has 5 heteroatoms. The molecule has 18 heavy (non-hydrogen) atoms. The molecule has 1 saturated heterocycles. The predicted octanol–water partition coefficient (Wildman–Crippen LogP) is 1.68. The lowest BCUT2D eigenvalue weighted by Gasteiger charge is -2.37. The Balaban J connectivity index is 1.95. The number of nitrogens with one attached hydrogen (secondary N) is 1. The highest BCUT2D eigenvalue weighted by Crippen LogP contribution is 2.33. The van der Waals surface area contributed by atoms with E-state index in [1.54, 1.807) is 4.90 Å². The SMILES string of the molecule is CC1CCC(C)N(C(=O)NC(C(=O)O)C2CC2)C1. The van der Waals surface area contributed by atoms with Gasteiger partial charge in [-0.25, -0.2) is 9.59 Å².